The second-order valence-electron chi connectivity index (χ2n) is 7.91. The molecule has 13 nitrogen and oxygen atoms in total. The first-order valence-corrected chi connectivity index (χ1v) is 12.5. The van der Waals surface area contributed by atoms with Gasteiger partial charge in [0.1, 0.15) is 29.9 Å². The third-order valence-electron chi connectivity index (χ3n) is 5.57. The number of carbonyl (C=O) groups is 3. The molecule has 5 heterocycles. The Morgan fingerprint density at radius 3 is 2.94 bits per heavy atom. The van der Waals surface area contributed by atoms with Crippen molar-refractivity contribution in [1.29, 1.82) is 0 Å². The van der Waals surface area contributed by atoms with Crippen LogP contribution in [0.5, 0.6) is 0 Å². The van der Waals surface area contributed by atoms with Crippen LogP contribution < -0.4 is 15.6 Å². The Morgan fingerprint density at radius 2 is 2.25 bits per heavy atom. The van der Waals surface area contributed by atoms with Gasteiger partial charge >= 0.3 is 5.97 Å². The van der Waals surface area contributed by atoms with Gasteiger partial charge in [0, 0.05) is 29.7 Å². The third kappa shape index (κ3) is 4.15. The third-order valence-corrected chi connectivity index (χ3v) is 7.58. The number of carboxylic acids is 1. The van der Waals surface area contributed by atoms with Crippen LogP contribution in [0.4, 0.5) is 5.13 Å². The minimum Gasteiger partial charge on any atom is -0.477 e. The summed E-state index contributed by atoms with van der Waals surface area (Å²) in [5, 5.41) is 17.5. The fourth-order valence-electron chi connectivity index (χ4n) is 4.06. The molecule has 0 aliphatic carbocycles. The van der Waals surface area contributed by atoms with Gasteiger partial charge in [-0.1, -0.05) is 5.16 Å². The fraction of sp³-hybridized carbons (Fsp3) is 0.286. The highest BCUT2D eigenvalue weighted by molar-refractivity contribution is 8.00. The van der Waals surface area contributed by atoms with Crippen molar-refractivity contribution < 1.29 is 33.3 Å². The predicted molar refractivity (Wildman–Crippen MR) is 129 cm³/mol. The van der Waals surface area contributed by atoms with E-state index < -0.39 is 29.2 Å². The van der Waals surface area contributed by atoms with E-state index in [4.69, 9.17) is 15.0 Å². The highest BCUT2D eigenvalue weighted by atomic mass is 32.2. The maximum Gasteiger partial charge on any atom is 0.352 e. The number of amides is 2. The first-order chi connectivity index (χ1) is 17.3. The van der Waals surface area contributed by atoms with Crippen molar-refractivity contribution in [2.75, 3.05) is 18.6 Å². The summed E-state index contributed by atoms with van der Waals surface area (Å²) in [5.74, 6) is -1.54. The molecular formula is C21H20N7O6S2+. The number of fused-ring (bicyclic) bond motifs is 2. The van der Waals surface area contributed by atoms with Gasteiger partial charge in [-0.2, -0.15) is 4.57 Å². The molecule has 2 aliphatic heterocycles. The number of anilines is 1. The summed E-state index contributed by atoms with van der Waals surface area (Å²) >= 11 is 2.49. The molecule has 0 radical (unpaired) electrons. The lowest BCUT2D eigenvalue weighted by molar-refractivity contribution is -0.687. The summed E-state index contributed by atoms with van der Waals surface area (Å²) < 4.78 is 7.28. The average Bonchev–Trinajstić information content (AvgIpc) is 3.44. The Labute approximate surface area is 211 Å². The minimum absolute atomic E-state index is 0.0868. The molecule has 0 aromatic carbocycles. The van der Waals surface area contributed by atoms with Crippen LogP contribution >= 0.6 is 23.1 Å². The minimum atomic E-state index is -1.22. The number of β-lactam (4-membered cyclic amide) rings is 1. The smallest absolute Gasteiger partial charge is 0.352 e. The molecule has 1 fully saturated rings. The van der Waals surface area contributed by atoms with Crippen LogP contribution in [0.3, 0.4) is 0 Å². The maximum absolute atomic E-state index is 13.0. The van der Waals surface area contributed by atoms with Crippen LogP contribution in [0.2, 0.25) is 0 Å². The lowest BCUT2D eigenvalue weighted by atomic mass is 10.0. The summed E-state index contributed by atoms with van der Waals surface area (Å²) in [6.45, 7) is 1.99. The van der Waals surface area contributed by atoms with E-state index in [1.807, 2.05) is 0 Å². The number of thioether (sulfide) groups is 1. The highest BCUT2D eigenvalue weighted by Crippen LogP contribution is 2.40. The quantitative estimate of drug-likeness (QED) is 0.166. The molecule has 1 saturated heterocycles. The van der Waals surface area contributed by atoms with Crippen LogP contribution in [0.1, 0.15) is 11.6 Å². The van der Waals surface area contributed by atoms with Crippen molar-refractivity contribution in [3.05, 3.63) is 46.7 Å². The van der Waals surface area contributed by atoms with E-state index in [2.05, 4.69) is 20.4 Å². The number of thiazole rings is 1. The largest absolute Gasteiger partial charge is 0.477 e. The number of oxime groups is 1. The van der Waals surface area contributed by atoms with Gasteiger partial charge in [0.25, 0.3) is 11.8 Å². The number of hydrogen-bond acceptors (Lipinski definition) is 11. The standard InChI is InChI=1S/C21H19N7O6S2/c1-9-23-11-6-27(4-3-13(11)34-9)5-10-7-35-19-15(18(30)28(19)16(10)20(31)32)25-17(29)14(26-33-2)12-8-36-21(22)24-12/h3-4,6,8,15,19H,5,7H2,1-2H3,(H3-,22,24,25,29,31,32)/p+1/t15?,19-/m0/s1. The number of nitrogens with zero attached hydrogens (tertiary/aromatic N) is 5. The normalized spacial score (nSPS) is 19.8. The Bertz CT molecular complexity index is 1460. The van der Waals surface area contributed by atoms with Gasteiger partial charge in [0.05, 0.1) is 0 Å². The molecule has 36 heavy (non-hydrogen) atoms. The van der Waals surface area contributed by atoms with Gasteiger partial charge in [-0.25, -0.2) is 14.8 Å². The lowest BCUT2D eigenvalue weighted by Crippen LogP contribution is -2.71. The number of aliphatic carboxylic acids is 1. The number of aromatic nitrogens is 3. The van der Waals surface area contributed by atoms with Gasteiger partial charge in [-0.15, -0.1) is 23.1 Å². The zero-order chi connectivity index (χ0) is 25.6. The topological polar surface area (TPSA) is 177 Å². The number of pyridine rings is 1. The molecule has 2 atom stereocenters. The molecule has 3 aromatic rings. The van der Waals surface area contributed by atoms with E-state index in [9.17, 15) is 19.5 Å². The molecule has 186 valence electrons. The maximum atomic E-state index is 13.0. The van der Waals surface area contributed by atoms with Crippen LogP contribution in [0.15, 0.2) is 44.7 Å². The molecule has 5 rings (SSSR count). The van der Waals surface area contributed by atoms with E-state index in [1.165, 1.54) is 23.8 Å². The zero-order valence-corrected chi connectivity index (χ0v) is 20.6. The molecule has 15 heteroatoms. The lowest BCUT2D eigenvalue weighted by Gasteiger charge is -2.49. The second kappa shape index (κ2) is 9.23. The van der Waals surface area contributed by atoms with Crippen molar-refractivity contribution in [3.8, 4) is 0 Å². The fourth-order valence-corrected chi connectivity index (χ4v) is 5.94. The van der Waals surface area contributed by atoms with Gasteiger partial charge in [0.15, 0.2) is 46.8 Å². The molecule has 4 N–H and O–H groups in total. The number of nitrogens with one attached hydrogen (secondary N) is 1. The zero-order valence-electron chi connectivity index (χ0n) is 19.0. The molecule has 0 spiro atoms. The molecular weight excluding hydrogens is 510 g/mol. The Morgan fingerprint density at radius 1 is 1.44 bits per heavy atom. The summed E-state index contributed by atoms with van der Waals surface area (Å²) in [5.41, 5.74) is 7.47. The van der Waals surface area contributed by atoms with Crippen molar-refractivity contribution in [2.45, 2.75) is 24.9 Å². The number of carbonyl (C=O) groups excluding carboxylic acids is 2. The van der Waals surface area contributed by atoms with E-state index >= 15 is 0 Å². The van der Waals surface area contributed by atoms with Crippen molar-refractivity contribution in [3.63, 3.8) is 0 Å². The second-order valence-corrected chi connectivity index (χ2v) is 9.91. The van der Waals surface area contributed by atoms with E-state index in [-0.39, 0.29) is 28.8 Å². The number of nitrogens with two attached hydrogens (primary N) is 1. The van der Waals surface area contributed by atoms with E-state index in [0.29, 0.717) is 28.3 Å². The number of oxazole rings is 1. The summed E-state index contributed by atoms with van der Waals surface area (Å²) in [6.07, 6.45) is 3.52. The SMILES string of the molecule is CON=C(C(=O)NC1C(=O)N2C(C(=O)O)=C(C[n+]3ccc4oc(C)nc4c3)CS[C@@H]12)c1csc(N)n1. The number of hydrogen-bond donors (Lipinski definition) is 3. The molecule has 2 aliphatic rings. The number of aryl methyl sites for hydroxylation is 1. The number of nitrogen functional groups attached to an aromatic ring is 1. The predicted octanol–water partition coefficient (Wildman–Crippen LogP) is 0.252. The van der Waals surface area contributed by atoms with Crippen LogP contribution in [-0.2, 0) is 25.8 Å². The number of carboxylic acid groups (broad SMARTS) is 1. The van der Waals surface area contributed by atoms with E-state index in [1.54, 1.807) is 35.3 Å². The van der Waals surface area contributed by atoms with Crippen molar-refractivity contribution in [2.24, 2.45) is 5.16 Å². The Hall–Kier alpha value is -3.98. The average molecular weight is 531 g/mol. The molecule has 3 aromatic heterocycles. The molecule has 2 amide bonds. The summed E-state index contributed by atoms with van der Waals surface area (Å²) in [6, 6.07) is 0.823. The summed E-state index contributed by atoms with van der Waals surface area (Å²) in [4.78, 5) is 52.4. The van der Waals surface area contributed by atoms with E-state index in [0.717, 1.165) is 11.3 Å². The van der Waals surface area contributed by atoms with Gasteiger partial charge in [-0.3, -0.25) is 14.5 Å². The van der Waals surface area contributed by atoms with Gasteiger partial charge in [0.2, 0.25) is 0 Å². The van der Waals surface area contributed by atoms with Crippen molar-refractivity contribution >= 4 is 62.8 Å². The monoisotopic (exact) mass is 530 g/mol. The Kier molecular flexibility index (Phi) is 6.09. The first kappa shape index (κ1) is 23.7. The molecule has 1 unspecified atom stereocenters. The van der Waals surface area contributed by atoms with Gasteiger partial charge in [-0.05, 0) is 0 Å². The van der Waals surface area contributed by atoms with Crippen LogP contribution in [0, 0.1) is 6.92 Å². The van der Waals surface area contributed by atoms with Crippen LogP contribution in [0.25, 0.3) is 11.1 Å². The molecule has 0 saturated carbocycles. The van der Waals surface area contributed by atoms with Crippen molar-refractivity contribution in [1.82, 2.24) is 20.2 Å². The van der Waals surface area contributed by atoms with Crippen LogP contribution in [-0.4, -0.2) is 67.7 Å². The Balaban J connectivity index is 1.36. The summed E-state index contributed by atoms with van der Waals surface area (Å²) in [7, 11) is 1.28. The highest BCUT2D eigenvalue weighted by Gasteiger charge is 2.54. The molecule has 0 bridgehead atoms. The first-order valence-electron chi connectivity index (χ1n) is 10.6. The number of rotatable bonds is 7. The van der Waals surface area contributed by atoms with Gasteiger partial charge < -0.3 is 25.4 Å².